The van der Waals surface area contributed by atoms with E-state index in [1.54, 1.807) is 7.11 Å². The molecule has 1 atom stereocenters. The molecule has 0 amide bonds. The first-order valence-electron chi connectivity index (χ1n) is 7.47. The van der Waals surface area contributed by atoms with Gasteiger partial charge in [0.2, 0.25) is 0 Å². The molecule has 1 aromatic carbocycles. The number of methoxy groups -OCH3 is 1. The third kappa shape index (κ3) is 4.95. The first-order chi connectivity index (χ1) is 10.1. The van der Waals surface area contributed by atoms with Gasteiger partial charge in [0.15, 0.2) is 0 Å². The van der Waals surface area contributed by atoms with Gasteiger partial charge < -0.3 is 14.8 Å². The Morgan fingerprint density at radius 1 is 1.48 bits per heavy atom. The van der Waals surface area contributed by atoms with E-state index in [-0.39, 0.29) is 0 Å². The lowest BCUT2D eigenvalue weighted by Gasteiger charge is -2.36. The van der Waals surface area contributed by atoms with Gasteiger partial charge in [0.05, 0.1) is 20.3 Å². The molecule has 1 heterocycles. The fourth-order valence-electron chi connectivity index (χ4n) is 2.48. The van der Waals surface area contributed by atoms with Crippen LogP contribution in [0.25, 0.3) is 0 Å². The van der Waals surface area contributed by atoms with Gasteiger partial charge >= 0.3 is 0 Å². The van der Waals surface area contributed by atoms with E-state index in [2.05, 4.69) is 52.1 Å². The van der Waals surface area contributed by atoms with Gasteiger partial charge in [-0.05, 0) is 23.8 Å². The van der Waals surface area contributed by atoms with Crippen molar-refractivity contribution < 1.29 is 9.47 Å². The molecule has 0 saturated carbocycles. The molecule has 1 saturated heterocycles. The summed E-state index contributed by atoms with van der Waals surface area (Å²) in [7, 11) is 1.71. The van der Waals surface area contributed by atoms with Gasteiger partial charge in [-0.1, -0.05) is 29.8 Å². The number of rotatable bonds is 6. The van der Waals surface area contributed by atoms with Crippen LogP contribution in [0.3, 0.4) is 0 Å². The molecular formula is C16H25BrN2O2. The summed E-state index contributed by atoms with van der Waals surface area (Å²) in [6, 6.07) is 7.05. The van der Waals surface area contributed by atoms with Crippen LogP contribution in [0, 0.1) is 0 Å². The van der Waals surface area contributed by atoms with Crippen molar-refractivity contribution in [3.05, 3.63) is 28.2 Å². The Morgan fingerprint density at radius 3 is 3.00 bits per heavy atom. The normalized spacial score (nSPS) is 20.0. The van der Waals surface area contributed by atoms with Crippen LogP contribution in [-0.4, -0.2) is 50.4 Å². The molecule has 1 aliphatic heterocycles. The first-order valence-corrected chi connectivity index (χ1v) is 8.27. The maximum atomic E-state index is 5.64. The average Bonchev–Trinajstić information content (AvgIpc) is 2.48. The molecule has 1 unspecified atom stereocenters. The Kier molecular flexibility index (Phi) is 6.48. The van der Waals surface area contributed by atoms with Crippen molar-refractivity contribution in [2.45, 2.75) is 32.5 Å². The Morgan fingerprint density at radius 2 is 2.29 bits per heavy atom. The minimum atomic E-state index is 0.416. The number of halogens is 1. The van der Waals surface area contributed by atoms with Gasteiger partial charge in [-0.25, -0.2) is 0 Å². The third-order valence-electron chi connectivity index (χ3n) is 3.74. The minimum absolute atomic E-state index is 0.416. The van der Waals surface area contributed by atoms with E-state index >= 15 is 0 Å². The molecule has 0 radical (unpaired) electrons. The lowest BCUT2D eigenvalue weighted by Crippen LogP contribution is -2.50. The largest absolute Gasteiger partial charge is 0.497 e. The van der Waals surface area contributed by atoms with E-state index < -0.39 is 0 Å². The van der Waals surface area contributed by atoms with E-state index in [0.29, 0.717) is 12.1 Å². The number of ether oxygens (including phenoxy) is 2. The highest BCUT2D eigenvalue weighted by Crippen LogP contribution is 2.25. The van der Waals surface area contributed by atoms with Gasteiger partial charge in [0, 0.05) is 36.2 Å². The second-order valence-corrected chi connectivity index (χ2v) is 6.57. The molecule has 1 aromatic rings. The van der Waals surface area contributed by atoms with E-state index in [1.165, 1.54) is 5.56 Å². The number of morpholine rings is 1. The van der Waals surface area contributed by atoms with E-state index in [9.17, 15) is 0 Å². The average molecular weight is 357 g/mol. The van der Waals surface area contributed by atoms with Crippen molar-refractivity contribution in [1.82, 2.24) is 10.2 Å². The van der Waals surface area contributed by atoms with Crippen LogP contribution in [0.2, 0.25) is 0 Å². The highest BCUT2D eigenvalue weighted by atomic mass is 79.9. The molecule has 0 aromatic heterocycles. The van der Waals surface area contributed by atoms with Crippen molar-refractivity contribution in [2.75, 3.05) is 33.4 Å². The molecule has 0 aliphatic carbocycles. The zero-order chi connectivity index (χ0) is 15.2. The standard InChI is InChI=1S/C16H25BrN2O2/c1-12(2)18-9-14-11-21-7-6-19(14)10-13-8-15(20-3)4-5-16(13)17/h4-5,8,12,14,18H,6-7,9-11H2,1-3H3. The Hall–Kier alpha value is -0.620. The highest BCUT2D eigenvalue weighted by Gasteiger charge is 2.23. The summed E-state index contributed by atoms with van der Waals surface area (Å²) in [4.78, 5) is 2.48. The maximum Gasteiger partial charge on any atom is 0.119 e. The van der Waals surface area contributed by atoms with Crippen LogP contribution >= 0.6 is 15.9 Å². The lowest BCUT2D eigenvalue weighted by atomic mass is 10.1. The van der Waals surface area contributed by atoms with Crippen molar-refractivity contribution in [3.63, 3.8) is 0 Å². The highest BCUT2D eigenvalue weighted by molar-refractivity contribution is 9.10. The monoisotopic (exact) mass is 356 g/mol. The van der Waals surface area contributed by atoms with Crippen LogP contribution in [0.15, 0.2) is 22.7 Å². The van der Waals surface area contributed by atoms with Crippen LogP contribution < -0.4 is 10.1 Å². The molecule has 4 nitrogen and oxygen atoms in total. The van der Waals surface area contributed by atoms with Crippen molar-refractivity contribution in [1.29, 1.82) is 0 Å². The molecule has 1 aliphatic rings. The van der Waals surface area contributed by atoms with Crippen molar-refractivity contribution in [2.24, 2.45) is 0 Å². The number of hydrogen-bond donors (Lipinski definition) is 1. The predicted molar refractivity (Wildman–Crippen MR) is 88.8 cm³/mol. The summed E-state index contributed by atoms with van der Waals surface area (Å²) in [5.41, 5.74) is 1.26. The number of nitrogens with one attached hydrogen (secondary N) is 1. The fraction of sp³-hybridized carbons (Fsp3) is 0.625. The molecule has 21 heavy (non-hydrogen) atoms. The fourth-order valence-corrected chi connectivity index (χ4v) is 2.85. The summed E-state index contributed by atoms with van der Waals surface area (Å²) in [6.07, 6.45) is 0. The molecule has 5 heteroatoms. The second kappa shape index (κ2) is 8.13. The molecule has 118 valence electrons. The molecule has 1 fully saturated rings. The zero-order valence-electron chi connectivity index (χ0n) is 13.1. The van der Waals surface area contributed by atoms with Crippen molar-refractivity contribution >= 4 is 15.9 Å². The van der Waals surface area contributed by atoms with Gasteiger partial charge in [-0.2, -0.15) is 0 Å². The predicted octanol–water partition coefficient (Wildman–Crippen LogP) is 2.66. The summed E-state index contributed by atoms with van der Waals surface area (Å²) in [6.45, 7) is 8.78. The molecule has 0 bridgehead atoms. The topological polar surface area (TPSA) is 33.7 Å². The number of hydrogen-bond acceptors (Lipinski definition) is 4. The van der Waals surface area contributed by atoms with Gasteiger partial charge in [-0.3, -0.25) is 4.90 Å². The van der Waals surface area contributed by atoms with Gasteiger partial charge in [0.1, 0.15) is 5.75 Å². The minimum Gasteiger partial charge on any atom is -0.497 e. The summed E-state index contributed by atoms with van der Waals surface area (Å²) >= 11 is 3.64. The van der Waals surface area contributed by atoms with Crippen LogP contribution in [0.1, 0.15) is 19.4 Å². The lowest BCUT2D eigenvalue weighted by molar-refractivity contribution is -0.0115. The third-order valence-corrected chi connectivity index (χ3v) is 4.51. The van der Waals surface area contributed by atoms with Crippen molar-refractivity contribution in [3.8, 4) is 5.75 Å². The quantitative estimate of drug-likeness (QED) is 0.849. The molecule has 0 spiro atoms. The second-order valence-electron chi connectivity index (χ2n) is 5.72. The Bertz CT molecular complexity index is 454. The maximum absolute atomic E-state index is 5.64. The van der Waals surface area contributed by atoms with Gasteiger partial charge in [0.25, 0.3) is 0 Å². The molecule has 1 N–H and O–H groups in total. The zero-order valence-corrected chi connectivity index (χ0v) is 14.6. The smallest absolute Gasteiger partial charge is 0.119 e. The van der Waals surface area contributed by atoms with E-state index in [4.69, 9.17) is 9.47 Å². The Labute approximate surface area is 135 Å². The van der Waals surface area contributed by atoms with E-state index in [0.717, 1.165) is 43.1 Å². The van der Waals surface area contributed by atoms with E-state index in [1.807, 2.05) is 6.07 Å². The summed E-state index contributed by atoms with van der Waals surface area (Å²) in [5, 5.41) is 3.51. The van der Waals surface area contributed by atoms with Gasteiger partial charge in [-0.15, -0.1) is 0 Å². The van der Waals surface area contributed by atoms with Crippen LogP contribution in [0.4, 0.5) is 0 Å². The van der Waals surface area contributed by atoms with Crippen LogP contribution in [0.5, 0.6) is 5.75 Å². The number of benzene rings is 1. The number of nitrogens with zero attached hydrogens (tertiary/aromatic N) is 1. The summed E-state index contributed by atoms with van der Waals surface area (Å²) < 4.78 is 12.1. The Balaban J connectivity index is 2.04. The molecular weight excluding hydrogens is 332 g/mol. The first kappa shape index (κ1) is 16.7. The SMILES string of the molecule is COc1ccc(Br)c(CN2CCOCC2CNC(C)C)c1. The molecule has 2 rings (SSSR count). The summed E-state index contributed by atoms with van der Waals surface area (Å²) in [5.74, 6) is 0.901. The van der Waals surface area contributed by atoms with Crippen LogP contribution in [-0.2, 0) is 11.3 Å².